The SMILES string of the molecule is Cc1[nH]c2ccccc2c1CC(=O)Nc1ccc(Nc2cccnc2)c(Br)c1.O=C(O)C(F)(F)F. The largest absolute Gasteiger partial charge is 0.490 e. The Morgan fingerprint density at radius 3 is 2.43 bits per heavy atom. The highest BCUT2D eigenvalue weighted by atomic mass is 79.9. The number of rotatable bonds is 5. The highest BCUT2D eigenvalue weighted by Crippen LogP contribution is 2.29. The van der Waals surface area contributed by atoms with Crippen molar-refractivity contribution in [3.8, 4) is 0 Å². The summed E-state index contributed by atoms with van der Waals surface area (Å²) in [6.45, 7) is 2.00. The molecule has 11 heteroatoms. The van der Waals surface area contributed by atoms with Gasteiger partial charge in [-0.2, -0.15) is 13.2 Å². The summed E-state index contributed by atoms with van der Waals surface area (Å²) in [5, 5.41) is 14.5. The molecule has 35 heavy (non-hydrogen) atoms. The third-order valence-electron chi connectivity index (χ3n) is 4.80. The molecule has 2 heterocycles. The molecule has 0 aliphatic heterocycles. The number of aryl methyl sites for hydroxylation is 1. The maximum atomic E-state index is 12.6. The lowest BCUT2D eigenvalue weighted by atomic mass is 10.1. The smallest absolute Gasteiger partial charge is 0.475 e. The monoisotopic (exact) mass is 548 g/mol. The first-order valence-electron chi connectivity index (χ1n) is 10.2. The predicted octanol–water partition coefficient (Wildman–Crippen LogP) is 6.19. The Labute approximate surface area is 206 Å². The zero-order valence-electron chi connectivity index (χ0n) is 18.3. The second kappa shape index (κ2) is 11.0. The number of aromatic nitrogens is 2. The maximum Gasteiger partial charge on any atom is 0.490 e. The first kappa shape index (κ1) is 25.8. The molecule has 182 valence electrons. The molecule has 0 fully saturated rings. The number of amides is 1. The molecular formula is C24H20BrF3N4O3. The van der Waals surface area contributed by atoms with Crippen molar-refractivity contribution in [2.75, 3.05) is 10.6 Å². The number of hydrogen-bond donors (Lipinski definition) is 4. The van der Waals surface area contributed by atoms with Crippen LogP contribution in [0.2, 0.25) is 0 Å². The van der Waals surface area contributed by atoms with E-state index >= 15 is 0 Å². The predicted molar refractivity (Wildman–Crippen MR) is 131 cm³/mol. The van der Waals surface area contributed by atoms with E-state index in [1.165, 1.54) is 0 Å². The molecule has 4 rings (SSSR count). The first-order chi connectivity index (χ1) is 16.5. The van der Waals surface area contributed by atoms with Gasteiger partial charge in [0.05, 0.1) is 24.0 Å². The van der Waals surface area contributed by atoms with Gasteiger partial charge in [0, 0.05) is 33.0 Å². The van der Waals surface area contributed by atoms with Crippen LogP contribution in [0.1, 0.15) is 11.3 Å². The van der Waals surface area contributed by atoms with Crippen LogP contribution in [0.4, 0.5) is 30.2 Å². The number of benzene rings is 2. The second-order valence-corrected chi connectivity index (χ2v) is 8.22. The van der Waals surface area contributed by atoms with Crippen molar-refractivity contribution in [1.82, 2.24) is 9.97 Å². The van der Waals surface area contributed by atoms with E-state index in [0.29, 0.717) is 6.42 Å². The maximum absolute atomic E-state index is 12.6. The molecule has 0 atom stereocenters. The molecule has 0 spiro atoms. The third-order valence-corrected chi connectivity index (χ3v) is 5.46. The number of hydrogen-bond acceptors (Lipinski definition) is 4. The minimum atomic E-state index is -5.08. The van der Waals surface area contributed by atoms with Gasteiger partial charge in [0.2, 0.25) is 5.91 Å². The van der Waals surface area contributed by atoms with E-state index in [-0.39, 0.29) is 5.91 Å². The summed E-state index contributed by atoms with van der Waals surface area (Å²) in [6.07, 6.45) is -1.27. The molecule has 0 saturated carbocycles. The normalized spacial score (nSPS) is 10.9. The number of H-pyrrole nitrogens is 1. The number of pyridine rings is 1. The number of nitrogens with one attached hydrogen (secondary N) is 3. The van der Waals surface area contributed by atoms with Crippen molar-refractivity contribution >= 4 is 55.8 Å². The Kier molecular flexibility index (Phi) is 8.13. The van der Waals surface area contributed by atoms with Crippen molar-refractivity contribution < 1.29 is 27.9 Å². The van der Waals surface area contributed by atoms with Crippen LogP contribution in [-0.2, 0) is 16.0 Å². The molecule has 4 N–H and O–H groups in total. The molecule has 2 aromatic carbocycles. The fourth-order valence-corrected chi connectivity index (χ4v) is 3.69. The molecule has 7 nitrogen and oxygen atoms in total. The third kappa shape index (κ3) is 7.06. The van der Waals surface area contributed by atoms with Crippen molar-refractivity contribution in [1.29, 1.82) is 0 Å². The Morgan fingerprint density at radius 2 is 1.80 bits per heavy atom. The van der Waals surface area contributed by atoms with Gasteiger partial charge >= 0.3 is 12.1 Å². The number of carboxylic acid groups (broad SMARTS) is 1. The van der Waals surface area contributed by atoms with Gasteiger partial charge in [0.1, 0.15) is 0 Å². The van der Waals surface area contributed by atoms with E-state index in [2.05, 4.69) is 36.5 Å². The van der Waals surface area contributed by atoms with E-state index in [9.17, 15) is 18.0 Å². The Morgan fingerprint density at radius 1 is 1.09 bits per heavy atom. The number of fused-ring (bicyclic) bond motifs is 1. The number of nitrogens with zero attached hydrogens (tertiary/aromatic N) is 1. The number of aromatic amines is 1. The molecule has 0 aliphatic rings. The van der Waals surface area contributed by atoms with Crippen LogP contribution < -0.4 is 10.6 Å². The van der Waals surface area contributed by atoms with Gasteiger partial charge in [-0.15, -0.1) is 0 Å². The van der Waals surface area contributed by atoms with Crippen molar-refractivity contribution in [3.05, 3.63) is 82.7 Å². The molecular weight excluding hydrogens is 529 g/mol. The van der Waals surface area contributed by atoms with Gasteiger partial charge in [-0.3, -0.25) is 9.78 Å². The summed E-state index contributed by atoms with van der Waals surface area (Å²) >= 11 is 3.56. The van der Waals surface area contributed by atoms with Gasteiger partial charge in [-0.05, 0) is 64.8 Å². The summed E-state index contributed by atoms with van der Waals surface area (Å²) in [7, 11) is 0. The van der Waals surface area contributed by atoms with Crippen LogP contribution in [0.15, 0.2) is 71.5 Å². The zero-order valence-corrected chi connectivity index (χ0v) is 19.9. The fraction of sp³-hybridized carbons (Fsp3) is 0.125. The molecule has 0 radical (unpaired) electrons. The summed E-state index contributed by atoms with van der Waals surface area (Å²) in [5.41, 5.74) is 5.64. The molecule has 2 aromatic heterocycles. The fourth-order valence-electron chi connectivity index (χ4n) is 3.21. The number of para-hydroxylation sites is 1. The number of carboxylic acids is 1. The average molecular weight is 549 g/mol. The van der Waals surface area contributed by atoms with Crippen LogP contribution in [0.3, 0.4) is 0 Å². The minimum Gasteiger partial charge on any atom is -0.475 e. The minimum absolute atomic E-state index is 0.0484. The molecule has 0 bridgehead atoms. The zero-order chi connectivity index (χ0) is 25.6. The number of alkyl halides is 3. The lowest BCUT2D eigenvalue weighted by Crippen LogP contribution is -2.21. The van der Waals surface area contributed by atoms with Crippen molar-refractivity contribution in [2.45, 2.75) is 19.5 Å². The lowest BCUT2D eigenvalue weighted by molar-refractivity contribution is -0.192. The van der Waals surface area contributed by atoms with Gasteiger partial charge in [-0.1, -0.05) is 18.2 Å². The van der Waals surface area contributed by atoms with Gasteiger partial charge in [0.15, 0.2) is 0 Å². The number of aliphatic carboxylic acids is 1. The summed E-state index contributed by atoms with van der Waals surface area (Å²) in [5.74, 6) is -2.81. The average Bonchev–Trinajstić information content (AvgIpc) is 3.11. The van der Waals surface area contributed by atoms with E-state index < -0.39 is 12.1 Å². The van der Waals surface area contributed by atoms with Gasteiger partial charge in [-0.25, -0.2) is 4.79 Å². The molecule has 0 unspecified atom stereocenters. The first-order valence-corrected chi connectivity index (χ1v) is 11.0. The lowest BCUT2D eigenvalue weighted by Gasteiger charge is -2.11. The van der Waals surface area contributed by atoms with E-state index in [0.717, 1.165) is 43.7 Å². The van der Waals surface area contributed by atoms with Crippen LogP contribution in [0, 0.1) is 6.92 Å². The molecule has 4 aromatic rings. The summed E-state index contributed by atoms with van der Waals surface area (Å²) in [6, 6.07) is 17.5. The van der Waals surface area contributed by atoms with Crippen LogP contribution in [0.5, 0.6) is 0 Å². The molecule has 0 saturated heterocycles. The van der Waals surface area contributed by atoms with Crippen LogP contribution >= 0.6 is 15.9 Å². The Hall–Kier alpha value is -3.86. The topological polar surface area (TPSA) is 107 Å². The van der Waals surface area contributed by atoms with Crippen molar-refractivity contribution in [2.24, 2.45) is 0 Å². The number of anilines is 3. The highest BCUT2D eigenvalue weighted by Gasteiger charge is 2.38. The van der Waals surface area contributed by atoms with E-state index in [1.807, 2.05) is 61.5 Å². The van der Waals surface area contributed by atoms with E-state index in [4.69, 9.17) is 9.90 Å². The molecule has 0 aliphatic carbocycles. The Bertz CT molecular complexity index is 1340. The van der Waals surface area contributed by atoms with Crippen LogP contribution in [0.25, 0.3) is 10.9 Å². The molecule has 1 amide bonds. The van der Waals surface area contributed by atoms with E-state index in [1.54, 1.807) is 12.4 Å². The second-order valence-electron chi connectivity index (χ2n) is 7.36. The number of carbonyl (C=O) groups excluding carboxylic acids is 1. The number of halogens is 4. The Balaban J connectivity index is 0.000000429. The quantitative estimate of drug-likeness (QED) is 0.238. The van der Waals surface area contributed by atoms with Crippen molar-refractivity contribution in [3.63, 3.8) is 0 Å². The summed E-state index contributed by atoms with van der Waals surface area (Å²) in [4.78, 5) is 28.9. The highest BCUT2D eigenvalue weighted by molar-refractivity contribution is 9.10. The number of carbonyl (C=O) groups is 2. The van der Waals surface area contributed by atoms with Gasteiger partial charge in [0.25, 0.3) is 0 Å². The standard InChI is InChI=1S/C22H19BrN4O.C2HF3O2/c1-14-18(17-6-2-3-7-20(17)25-14)12-22(28)27-15-8-9-21(19(23)11-15)26-16-5-4-10-24-13-16;3-2(4,5)1(6)7/h2-11,13,25-26H,12H2,1H3,(H,27,28);(H,6,7). The van der Waals surface area contributed by atoms with Gasteiger partial charge < -0.3 is 20.7 Å². The summed E-state index contributed by atoms with van der Waals surface area (Å²) < 4.78 is 32.6. The van der Waals surface area contributed by atoms with Crippen LogP contribution in [-0.4, -0.2) is 33.1 Å².